The molecular formula is C14H18O. The Labute approximate surface area is 91.5 Å². The summed E-state index contributed by atoms with van der Waals surface area (Å²) in [7, 11) is 0. The predicted molar refractivity (Wildman–Crippen MR) is 62.0 cm³/mol. The van der Waals surface area contributed by atoms with Gasteiger partial charge in [-0.3, -0.25) is 0 Å². The molecule has 0 saturated heterocycles. The molecule has 0 unspecified atom stereocenters. The quantitative estimate of drug-likeness (QED) is 0.734. The maximum absolute atomic E-state index is 11.0. The summed E-state index contributed by atoms with van der Waals surface area (Å²) < 4.78 is 0. The van der Waals surface area contributed by atoms with E-state index in [2.05, 4.69) is 31.2 Å². The van der Waals surface area contributed by atoms with Gasteiger partial charge in [0.1, 0.15) is 5.78 Å². The van der Waals surface area contributed by atoms with Crippen LogP contribution in [0.25, 0.3) is 0 Å². The average molecular weight is 202 g/mol. The van der Waals surface area contributed by atoms with Crippen molar-refractivity contribution in [2.45, 2.75) is 39.0 Å². The van der Waals surface area contributed by atoms with Crippen molar-refractivity contribution in [1.82, 2.24) is 0 Å². The Morgan fingerprint density at radius 3 is 2.87 bits per heavy atom. The molecule has 0 bridgehead atoms. The zero-order valence-corrected chi connectivity index (χ0v) is 9.49. The third kappa shape index (κ3) is 2.11. The molecule has 0 spiro atoms. The summed E-state index contributed by atoms with van der Waals surface area (Å²) in [6.07, 6.45) is 2.93. The van der Waals surface area contributed by atoms with Crippen molar-refractivity contribution in [2.75, 3.05) is 0 Å². The molecule has 2 atom stereocenters. The van der Waals surface area contributed by atoms with Gasteiger partial charge in [0.2, 0.25) is 0 Å². The number of fused-ring (bicyclic) bond motifs is 1. The van der Waals surface area contributed by atoms with E-state index in [4.69, 9.17) is 0 Å². The van der Waals surface area contributed by atoms with Gasteiger partial charge >= 0.3 is 0 Å². The van der Waals surface area contributed by atoms with Crippen LogP contribution in [-0.2, 0) is 11.2 Å². The summed E-state index contributed by atoms with van der Waals surface area (Å²) in [5.41, 5.74) is 2.96. The topological polar surface area (TPSA) is 17.1 Å². The van der Waals surface area contributed by atoms with Gasteiger partial charge in [-0.1, -0.05) is 31.2 Å². The van der Waals surface area contributed by atoms with E-state index in [1.165, 1.54) is 17.5 Å². The smallest absolute Gasteiger partial charge is 0.129 e. The molecule has 2 rings (SSSR count). The highest BCUT2D eigenvalue weighted by Crippen LogP contribution is 2.40. The van der Waals surface area contributed by atoms with Gasteiger partial charge in [0.05, 0.1) is 0 Å². The lowest BCUT2D eigenvalue weighted by Crippen LogP contribution is -2.05. The van der Waals surface area contributed by atoms with Gasteiger partial charge in [-0.2, -0.15) is 0 Å². The highest BCUT2D eigenvalue weighted by Gasteiger charge is 2.28. The zero-order chi connectivity index (χ0) is 10.8. The normalized spacial score (nSPS) is 23.9. The number of hydrogen-bond donors (Lipinski definition) is 0. The maximum Gasteiger partial charge on any atom is 0.129 e. The van der Waals surface area contributed by atoms with Crippen molar-refractivity contribution < 1.29 is 4.79 Å². The number of benzene rings is 1. The highest BCUT2D eigenvalue weighted by molar-refractivity contribution is 5.75. The fraction of sp³-hybridized carbons (Fsp3) is 0.500. The molecule has 0 N–H and O–H groups in total. The van der Waals surface area contributed by atoms with Crippen LogP contribution in [0.4, 0.5) is 0 Å². The molecule has 1 aromatic rings. The highest BCUT2D eigenvalue weighted by atomic mass is 16.1. The van der Waals surface area contributed by atoms with E-state index in [-0.39, 0.29) is 0 Å². The second kappa shape index (κ2) is 4.18. The molecule has 1 aliphatic rings. The first-order valence-electron chi connectivity index (χ1n) is 5.75. The molecule has 15 heavy (non-hydrogen) atoms. The largest absolute Gasteiger partial charge is 0.300 e. The Kier molecular flexibility index (Phi) is 2.90. The van der Waals surface area contributed by atoms with Gasteiger partial charge in [-0.25, -0.2) is 0 Å². The second-order valence-corrected chi connectivity index (χ2v) is 4.73. The number of carbonyl (C=O) groups is 1. The Hall–Kier alpha value is -1.11. The molecule has 0 heterocycles. The van der Waals surface area contributed by atoms with Crippen molar-refractivity contribution in [1.29, 1.82) is 0 Å². The third-order valence-corrected chi connectivity index (χ3v) is 3.49. The monoisotopic (exact) mass is 202 g/mol. The molecule has 1 aromatic carbocycles. The summed E-state index contributed by atoms with van der Waals surface area (Å²) in [6, 6.07) is 8.67. The maximum atomic E-state index is 11.0. The summed E-state index contributed by atoms with van der Waals surface area (Å²) in [4.78, 5) is 11.0. The van der Waals surface area contributed by atoms with Gasteiger partial charge in [0.15, 0.2) is 0 Å². The van der Waals surface area contributed by atoms with Crippen LogP contribution in [0.5, 0.6) is 0 Å². The molecule has 0 amide bonds. The number of ketones is 1. The summed E-state index contributed by atoms with van der Waals surface area (Å²) in [5.74, 6) is 1.61. The number of rotatable bonds is 3. The summed E-state index contributed by atoms with van der Waals surface area (Å²) in [5, 5.41) is 0. The van der Waals surface area contributed by atoms with E-state index in [9.17, 15) is 4.79 Å². The van der Waals surface area contributed by atoms with Crippen LogP contribution in [0.2, 0.25) is 0 Å². The van der Waals surface area contributed by atoms with Gasteiger partial charge < -0.3 is 4.79 Å². The Morgan fingerprint density at radius 1 is 1.40 bits per heavy atom. The molecule has 1 aliphatic carbocycles. The van der Waals surface area contributed by atoms with E-state index >= 15 is 0 Å². The Morgan fingerprint density at radius 2 is 2.13 bits per heavy atom. The first kappa shape index (κ1) is 10.4. The molecule has 0 aliphatic heterocycles. The molecule has 0 saturated carbocycles. The van der Waals surface area contributed by atoms with Crippen LogP contribution in [0.1, 0.15) is 43.7 Å². The first-order chi connectivity index (χ1) is 7.18. The van der Waals surface area contributed by atoms with E-state index in [1.54, 1.807) is 6.92 Å². The van der Waals surface area contributed by atoms with Crippen LogP contribution >= 0.6 is 0 Å². The van der Waals surface area contributed by atoms with Crippen LogP contribution in [0, 0.1) is 5.92 Å². The van der Waals surface area contributed by atoms with E-state index in [0.29, 0.717) is 17.6 Å². The molecule has 0 fully saturated rings. The summed E-state index contributed by atoms with van der Waals surface area (Å²) >= 11 is 0. The number of hydrogen-bond acceptors (Lipinski definition) is 1. The van der Waals surface area contributed by atoms with Gasteiger partial charge in [-0.05, 0) is 42.7 Å². The second-order valence-electron chi connectivity index (χ2n) is 4.73. The summed E-state index contributed by atoms with van der Waals surface area (Å²) in [6.45, 7) is 3.98. The fourth-order valence-electron chi connectivity index (χ4n) is 2.68. The van der Waals surface area contributed by atoms with Crippen molar-refractivity contribution >= 4 is 5.78 Å². The zero-order valence-electron chi connectivity index (χ0n) is 9.49. The standard InChI is InChI=1S/C14H18O/c1-10-9-12-5-3-4-6-14(12)13(10)8-7-11(2)15/h3-6,10,13H,7-9H2,1-2H3/t10-,13+/m0/s1. The molecule has 1 nitrogen and oxygen atoms in total. The van der Waals surface area contributed by atoms with Gasteiger partial charge in [0, 0.05) is 6.42 Å². The predicted octanol–water partition coefficient (Wildman–Crippen LogP) is 3.33. The van der Waals surface area contributed by atoms with Gasteiger partial charge in [0.25, 0.3) is 0 Å². The van der Waals surface area contributed by atoms with Crippen LogP contribution in [-0.4, -0.2) is 5.78 Å². The van der Waals surface area contributed by atoms with Crippen molar-refractivity contribution in [3.8, 4) is 0 Å². The van der Waals surface area contributed by atoms with Crippen molar-refractivity contribution in [3.63, 3.8) is 0 Å². The van der Waals surface area contributed by atoms with Crippen molar-refractivity contribution in [3.05, 3.63) is 35.4 Å². The number of carbonyl (C=O) groups excluding carboxylic acids is 1. The first-order valence-corrected chi connectivity index (χ1v) is 5.75. The van der Waals surface area contributed by atoms with Crippen LogP contribution < -0.4 is 0 Å². The minimum atomic E-state index is 0.312. The Bertz CT molecular complexity index is 367. The van der Waals surface area contributed by atoms with Crippen molar-refractivity contribution in [2.24, 2.45) is 5.92 Å². The van der Waals surface area contributed by atoms with Crippen LogP contribution in [0.3, 0.4) is 0 Å². The molecular weight excluding hydrogens is 184 g/mol. The average Bonchev–Trinajstić information content (AvgIpc) is 2.50. The Balaban J connectivity index is 2.15. The SMILES string of the molecule is CC(=O)CC[C@H]1c2ccccc2C[C@@H]1C. The van der Waals surface area contributed by atoms with E-state index in [1.807, 2.05) is 0 Å². The van der Waals surface area contributed by atoms with E-state index in [0.717, 1.165) is 12.8 Å². The lowest BCUT2D eigenvalue weighted by Gasteiger charge is -2.15. The number of Topliss-reactive ketones (excluding diaryl/α,β-unsaturated/α-hetero) is 1. The van der Waals surface area contributed by atoms with Crippen LogP contribution in [0.15, 0.2) is 24.3 Å². The third-order valence-electron chi connectivity index (χ3n) is 3.49. The molecule has 0 aromatic heterocycles. The molecule has 80 valence electrons. The minimum absolute atomic E-state index is 0.312. The van der Waals surface area contributed by atoms with Gasteiger partial charge in [-0.15, -0.1) is 0 Å². The molecule has 0 radical (unpaired) electrons. The lowest BCUT2D eigenvalue weighted by atomic mass is 9.89. The lowest BCUT2D eigenvalue weighted by molar-refractivity contribution is -0.117. The minimum Gasteiger partial charge on any atom is -0.300 e. The fourth-order valence-corrected chi connectivity index (χ4v) is 2.68. The molecule has 1 heteroatoms. The van der Waals surface area contributed by atoms with E-state index < -0.39 is 0 Å².